The molecule has 0 saturated heterocycles. The van der Waals surface area contributed by atoms with Crippen LogP contribution in [0.4, 0.5) is 0 Å². The van der Waals surface area contributed by atoms with Crippen LogP contribution in [0.1, 0.15) is 0 Å². The Balaban J connectivity index is 0. The van der Waals surface area contributed by atoms with Crippen LogP contribution in [0.25, 0.3) is 0 Å². The molecule has 0 amide bonds. The minimum atomic E-state index is -1.21. The Kier molecular flexibility index (Phi) is 8.85. The zero-order valence-electron chi connectivity index (χ0n) is 6.40. The number of hydrogen-bond acceptors (Lipinski definition) is 5. The van der Waals surface area contributed by atoms with Crippen LogP contribution in [0, 0.1) is 0 Å². The molecule has 0 radical (unpaired) electrons. The Hall–Kier alpha value is -0.620. The van der Waals surface area contributed by atoms with Crippen LogP contribution in [0.3, 0.4) is 0 Å². The molecule has 0 bridgehead atoms. The summed E-state index contributed by atoms with van der Waals surface area (Å²) in [6.07, 6.45) is 1.25. The van der Waals surface area contributed by atoms with Crippen LogP contribution in [0.2, 0.25) is 0 Å². The van der Waals surface area contributed by atoms with Crippen molar-refractivity contribution in [2.24, 2.45) is 11.5 Å². The zero-order chi connectivity index (χ0) is 9.33. The molecule has 0 heterocycles. The molecule has 0 aromatic heterocycles. The number of aliphatic hydroxyl groups is 3. The first-order chi connectivity index (χ1) is 5.10. The van der Waals surface area contributed by atoms with Gasteiger partial charge in [-0.15, -0.1) is 0 Å². The SMILES string of the molecule is C=CN.NC(CO)(CO)CO. The maximum Gasteiger partial charge on any atom is 0.0856 e. The van der Waals surface area contributed by atoms with Crippen LogP contribution < -0.4 is 11.5 Å². The van der Waals surface area contributed by atoms with Gasteiger partial charge in [0, 0.05) is 0 Å². The molecule has 11 heavy (non-hydrogen) atoms. The highest BCUT2D eigenvalue weighted by atomic mass is 16.3. The van der Waals surface area contributed by atoms with Crippen molar-refractivity contribution in [1.29, 1.82) is 0 Å². The summed E-state index contributed by atoms with van der Waals surface area (Å²) in [6.45, 7) is 1.93. The molecule has 68 valence electrons. The molecular weight excluding hydrogens is 148 g/mol. The molecule has 0 aliphatic rings. The van der Waals surface area contributed by atoms with E-state index in [1.165, 1.54) is 6.20 Å². The second-order valence-corrected chi connectivity index (χ2v) is 2.07. The van der Waals surface area contributed by atoms with E-state index in [0.29, 0.717) is 0 Å². The van der Waals surface area contributed by atoms with Crippen molar-refractivity contribution in [3.63, 3.8) is 0 Å². The van der Waals surface area contributed by atoms with Crippen molar-refractivity contribution < 1.29 is 15.3 Å². The first-order valence-electron chi connectivity index (χ1n) is 3.04. The molecule has 0 atom stereocenters. The predicted molar refractivity (Wildman–Crippen MR) is 42.6 cm³/mol. The molecule has 0 aromatic rings. The fourth-order valence-corrected chi connectivity index (χ4v) is 0.150. The molecular formula is C6H16N2O3. The lowest BCUT2D eigenvalue weighted by atomic mass is 10.1. The second-order valence-electron chi connectivity index (χ2n) is 2.07. The number of nitrogens with two attached hydrogens (primary N) is 2. The van der Waals surface area contributed by atoms with Crippen molar-refractivity contribution in [3.8, 4) is 0 Å². The van der Waals surface area contributed by atoms with Crippen LogP contribution in [0.5, 0.6) is 0 Å². The Morgan fingerprint density at radius 1 is 1.18 bits per heavy atom. The molecule has 0 rings (SSSR count). The lowest BCUT2D eigenvalue weighted by molar-refractivity contribution is 0.0698. The first-order valence-corrected chi connectivity index (χ1v) is 3.04. The third kappa shape index (κ3) is 7.27. The van der Waals surface area contributed by atoms with Gasteiger partial charge in [0.15, 0.2) is 0 Å². The van der Waals surface area contributed by atoms with Crippen LogP contribution in [0.15, 0.2) is 12.8 Å². The molecule has 0 saturated carbocycles. The van der Waals surface area contributed by atoms with Crippen molar-refractivity contribution in [2.45, 2.75) is 5.54 Å². The van der Waals surface area contributed by atoms with Gasteiger partial charge in [-0.25, -0.2) is 0 Å². The third-order valence-corrected chi connectivity index (χ3v) is 0.945. The van der Waals surface area contributed by atoms with Crippen molar-refractivity contribution in [1.82, 2.24) is 0 Å². The maximum absolute atomic E-state index is 8.34. The van der Waals surface area contributed by atoms with Crippen LogP contribution >= 0.6 is 0 Å². The first kappa shape index (κ1) is 13.0. The van der Waals surface area contributed by atoms with Gasteiger partial charge < -0.3 is 26.8 Å². The van der Waals surface area contributed by atoms with E-state index in [1.54, 1.807) is 0 Å². The average Bonchev–Trinajstić information content (AvgIpc) is 2.05. The highest BCUT2D eigenvalue weighted by Gasteiger charge is 2.20. The Morgan fingerprint density at radius 2 is 1.36 bits per heavy atom. The summed E-state index contributed by atoms with van der Waals surface area (Å²) < 4.78 is 0. The van der Waals surface area contributed by atoms with Crippen molar-refractivity contribution in [2.75, 3.05) is 19.8 Å². The summed E-state index contributed by atoms with van der Waals surface area (Å²) in [5.74, 6) is 0. The van der Waals surface area contributed by atoms with Gasteiger partial charge in [-0.1, -0.05) is 6.58 Å². The standard InChI is InChI=1S/C4H11NO3.C2H5N/c5-4(1-6,2-7)3-8;1-2-3/h6-8H,1-3,5H2;2H,1,3H2. The average molecular weight is 164 g/mol. The Morgan fingerprint density at radius 3 is 1.36 bits per heavy atom. The molecule has 5 nitrogen and oxygen atoms in total. The number of aliphatic hydroxyl groups excluding tert-OH is 3. The smallest absolute Gasteiger partial charge is 0.0856 e. The van der Waals surface area contributed by atoms with Gasteiger partial charge in [0.1, 0.15) is 0 Å². The molecule has 0 spiro atoms. The molecule has 0 fully saturated rings. The van der Waals surface area contributed by atoms with E-state index in [1.807, 2.05) is 0 Å². The van der Waals surface area contributed by atoms with E-state index in [0.717, 1.165) is 0 Å². The highest BCUT2D eigenvalue weighted by molar-refractivity contribution is 4.80. The summed E-state index contributed by atoms with van der Waals surface area (Å²) >= 11 is 0. The second kappa shape index (κ2) is 7.49. The van der Waals surface area contributed by atoms with Crippen molar-refractivity contribution >= 4 is 0 Å². The van der Waals surface area contributed by atoms with Crippen LogP contribution in [-0.4, -0.2) is 40.7 Å². The molecule has 0 aliphatic heterocycles. The molecule has 0 aliphatic carbocycles. The van der Waals surface area contributed by atoms with Gasteiger partial charge in [-0.05, 0) is 6.20 Å². The van der Waals surface area contributed by atoms with E-state index < -0.39 is 25.4 Å². The highest BCUT2D eigenvalue weighted by Crippen LogP contribution is 1.93. The Labute approximate surface area is 65.9 Å². The summed E-state index contributed by atoms with van der Waals surface area (Å²) in [7, 11) is 0. The van der Waals surface area contributed by atoms with E-state index in [4.69, 9.17) is 21.1 Å². The molecule has 7 N–H and O–H groups in total. The lowest BCUT2D eigenvalue weighted by Crippen LogP contribution is -2.50. The maximum atomic E-state index is 8.34. The Bertz CT molecular complexity index is 85.6. The monoisotopic (exact) mass is 164 g/mol. The quantitative estimate of drug-likeness (QED) is 0.323. The topological polar surface area (TPSA) is 113 Å². The third-order valence-electron chi connectivity index (χ3n) is 0.945. The van der Waals surface area contributed by atoms with E-state index in [2.05, 4.69) is 12.3 Å². The minimum Gasteiger partial charge on any atom is -0.405 e. The molecule has 5 heteroatoms. The summed E-state index contributed by atoms with van der Waals surface area (Å²) in [5, 5.41) is 25.0. The summed E-state index contributed by atoms with van der Waals surface area (Å²) in [6, 6.07) is 0. The van der Waals surface area contributed by atoms with Gasteiger partial charge in [-0.3, -0.25) is 0 Å². The van der Waals surface area contributed by atoms with Gasteiger partial charge in [0.25, 0.3) is 0 Å². The fraction of sp³-hybridized carbons (Fsp3) is 0.667. The van der Waals surface area contributed by atoms with Gasteiger partial charge >= 0.3 is 0 Å². The minimum absolute atomic E-state index is 0.403. The number of hydrogen-bond donors (Lipinski definition) is 5. The largest absolute Gasteiger partial charge is 0.405 e. The van der Waals surface area contributed by atoms with Crippen LogP contribution in [-0.2, 0) is 0 Å². The summed E-state index contributed by atoms with van der Waals surface area (Å²) in [5.41, 5.74) is 8.55. The molecule has 0 aromatic carbocycles. The predicted octanol–water partition coefficient (Wildman–Crippen LogP) is -2.25. The lowest BCUT2D eigenvalue weighted by Gasteiger charge is -2.20. The van der Waals surface area contributed by atoms with Crippen molar-refractivity contribution in [3.05, 3.63) is 12.8 Å². The summed E-state index contributed by atoms with van der Waals surface area (Å²) in [4.78, 5) is 0. The molecule has 0 unspecified atom stereocenters. The van der Waals surface area contributed by atoms with Gasteiger partial charge in [-0.2, -0.15) is 0 Å². The van der Waals surface area contributed by atoms with E-state index in [9.17, 15) is 0 Å². The normalized spacial score (nSPS) is 9.82. The fourth-order valence-electron chi connectivity index (χ4n) is 0.150. The van der Waals surface area contributed by atoms with E-state index >= 15 is 0 Å². The van der Waals surface area contributed by atoms with Gasteiger partial charge in [0.2, 0.25) is 0 Å². The van der Waals surface area contributed by atoms with Gasteiger partial charge in [0.05, 0.1) is 25.4 Å². The number of rotatable bonds is 3. The van der Waals surface area contributed by atoms with E-state index in [-0.39, 0.29) is 0 Å². The zero-order valence-corrected chi connectivity index (χ0v) is 6.40.